The Kier molecular flexibility index (Phi) is 4.23. The summed E-state index contributed by atoms with van der Waals surface area (Å²) in [5, 5.41) is 0. The second kappa shape index (κ2) is 4.99. The predicted molar refractivity (Wildman–Crippen MR) is 56.3 cm³/mol. The predicted octanol–water partition coefficient (Wildman–Crippen LogP) is 1.89. The minimum absolute atomic E-state index is 0.341. The molecule has 0 aromatic carbocycles. The molecule has 1 fully saturated rings. The first kappa shape index (κ1) is 11.0. The highest BCUT2D eigenvalue weighted by Gasteiger charge is 2.27. The first-order valence-corrected chi connectivity index (χ1v) is 5.23. The van der Waals surface area contributed by atoms with Crippen molar-refractivity contribution >= 4 is 11.6 Å². The fraction of sp³-hybridized carbons (Fsp3) is 0.800. The zero-order chi connectivity index (χ0) is 9.84. The number of hydrogen-bond acceptors (Lipinski definition) is 2. The molecule has 2 atom stereocenters. The molecule has 0 N–H and O–H groups in total. The van der Waals surface area contributed by atoms with Gasteiger partial charge in [-0.3, -0.25) is 4.90 Å². The Balaban J connectivity index is 2.38. The van der Waals surface area contributed by atoms with Crippen LogP contribution in [0.5, 0.6) is 0 Å². The molecule has 0 aromatic heterocycles. The third-order valence-electron chi connectivity index (χ3n) is 2.56. The quantitative estimate of drug-likeness (QED) is 0.511. The third kappa shape index (κ3) is 2.97. The lowest BCUT2D eigenvalue weighted by Crippen LogP contribution is -2.37. The van der Waals surface area contributed by atoms with Crippen LogP contribution in [0.25, 0.3) is 0 Å². The summed E-state index contributed by atoms with van der Waals surface area (Å²) in [6, 6.07) is 0.528. The van der Waals surface area contributed by atoms with Crippen molar-refractivity contribution in [1.82, 2.24) is 4.90 Å². The molecule has 0 bridgehead atoms. The maximum absolute atomic E-state index is 5.68. The molecule has 1 saturated heterocycles. The highest BCUT2D eigenvalue weighted by atomic mass is 35.5. The van der Waals surface area contributed by atoms with Gasteiger partial charge in [0.1, 0.15) is 0 Å². The maximum Gasteiger partial charge on any atom is 0.0703 e. The van der Waals surface area contributed by atoms with Gasteiger partial charge in [0, 0.05) is 25.1 Å². The van der Waals surface area contributed by atoms with Crippen LogP contribution in [0.15, 0.2) is 12.2 Å². The molecular formula is C10H18ClNO. The van der Waals surface area contributed by atoms with Crippen LogP contribution in [0.4, 0.5) is 0 Å². The zero-order valence-corrected chi connectivity index (χ0v) is 9.18. The second-order valence-corrected chi connectivity index (χ2v) is 4.00. The lowest BCUT2D eigenvalue weighted by molar-refractivity contribution is 0.0867. The number of halogens is 1. The first-order valence-electron chi connectivity index (χ1n) is 4.69. The number of likely N-dealkylation sites (N-methyl/N-ethyl adjacent to an activating group) is 1. The summed E-state index contributed by atoms with van der Waals surface area (Å²) in [7, 11) is 2.10. The molecule has 0 aliphatic carbocycles. The van der Waals surface area contributed by atoms with E-state index in [9.17, 15) is 0 Å². The van der Waals surface area contributed by atoms with Gasteiger partial charge in [-0.25, -0.2) is 0 Å². The van der Waals surface area contributed by atoms with E-state index in [2.05, 4.69) is 25.5 Å². The smallest absolute Gasteiger partial charge is 0.0703 e. The van der Waals surface area contributed by atoms with Crippen LogP contribution in [0.2, 0.25) is 0 Å². The molecule has 2 unspecified atom stereocenters. The molecule has 0 saturated carbocycles. The second-order valence-electron chi connectivity index (χ2n) is 3.73. The summed E-state index contributed by atoms with van der Waals surface area (Å²) >= 11 is 5.68. The van der Waals surface area contributed by atoms with Crippen LogP contribution < -0.4 is 0 Å². The molecule has 1 rings (SSSR count). The minimum Gasteiger partial charge on any atom is -0.377 e. The Morgan fingerprint density at radius 1 is 1.69 bits per heavy atom. The first-order chi connectivity index (χ1) is 6.15. The average Bonchev–Trinajstić information content (AvgIpc) is 2.51. The Hall–Kier alpha value is -0.0500. The summed E-state index contributed by atoms with van der Waals surface area (Å²) in [5.41, 5.74) is 1.07. The zero-order valence-electron chi connectivity index (χ0n) is 8.42. The topological polar surface area (TPSA) is 12.5 Å². The highest BCUT2D eigenvalue weighted by molar-refractivity contribution is 6.19. The Morgan fingerprint density at radius 3 is 2.85 bits per heavy atom. The number of ether oxygens (including phenoxy) is 1. The van der Waals surface area contributed by atoms with Gasteiger partial charge in [-0.05, 0) is 26.0 Å². The van der Waals surface area contributed by atoms with Gasteiger partial charge in [0.05, 0.1) is 6.10 Å². The van der Waals surface area contributed by atoms with Crippen molar-refractivity contribution in [3.05, 3.63) is 12.2 Å². The van der Waals surface area contributed by atoms with E-state index >= 15 is 0 Å². The molecule has 2 nitrogen and oxygen atoms in total. The molecule has 76 valence electrons. The van der Waals surface area contributed by atoms with E-state index < -0.39 is 0 Å². The van der Waals surface area contributed by atoms with Gasteiger partial charge in [0.25, 0.3) is 0 Å². The largest absolute Gasteiger partial charge is 0.377 e. The van der Waals surface area contributed by atoms with Crippen molar-refractivity contribution in [3.8, 4) is 0 Å². The third-order valence-corrected chi connectivity index (χ3v) is 2.94. The van der Waals surface area contributed by atoms with Crippen LogP contribution in [-0.4, -0.2) is 43.1 Å². The molecule has 0 amide bonds. The molecule has 0 radical (unpaired) electrons. The fourth-order valence-electron chi connectivity index (χ4n) is 1.81. The molecule has 1 aliphatic rings. The Morgan fingerprint density at radius 2 is 2.38 bits per heavy atom. The van der Waals surface area contributed by atoms with E-state index in [-0.39, 0.29) is 0 Å². The maximum atomic E-state index is 5.68. The van der Waals surface area contributed by atoms with Crippen LogP contribution in [0, 0.1) is 0 Å². The van der Waals surface area contributed by atoms with Crippen molar-refractivity contribution in [2.75, 3.05) is 26.1 Å². The highest BCUT2D eigenvalue weighted by Crippen LogP contribution is 2.18. The van der Waals surface area contributed by atoms with Crippen LogP contribution in [-0.2, 0) is 4.74 Å². The minimum atomic E-state index is 0.341. The molecule has 1 aliphatic heterocycles. The molecule has 0 spiro atoms. The van der Waals surface area contributed by atoms with E-state index in [1.165, 1.54) is 0 Å². The van der Waals surface area contributed by atoms with Gasteiger partial charge in [0.15, 0.2) is 0 Å². The van der Waals surface area contributed by atoms with Gasteiger partial charge >= 0.3 is 0 Å². The Labute approximate surface area is 85.5 Å². The van der Waals surface area contributed by atoms with Gasteiger partial charge in [-0.1, -0.05) is 6.58 Å². The molecule has 1 heterocycles. The van der Waals surface area contributed by atoms with Crippen LogP contribution in [0.3, 0.4) is 0 Å². The lowest BCUT2D eigenvalue weighted by Gasteiger charge is -2.26. The van der Waals surface area contributed by atoms with Crippen molar-refractivity contribution in [1.29, 1.82) is 0 Å². The van der Waals surface area contributed by atoms with E-state index in [1.807, 2.05) is 0 Å². The normalized spacial score (nSPS) is 28.3. The number of nitrogens with zero attached hydrogens (tertiary/aromatic N) is 1. The number of rotatable bonds is 4. The van der Waals surface area contributed by atoms with Crippen molar-refractivity contribution in [3.63, 3.8) is 0 Å². The summed E-state index contributed by atoms with van der Waals surface area (Å²) < 4.78 is 5.50. The van der Waals surface area contributed by atoms with E-state index in [0.717, 1.165) is 25.1 Å². The van der Waals surface area contributed by atoms with Crippen molar-refractivity contribution < 1.29 is 4.74 Å². The summed E-state index contributed by atoms with van der Waals surface area (Å²) in [4.78, 5) is 2.28. The fourth-order valence-corrected chi connectivity index (χ4v) is 1.90. The van der Waals surface area contributed by atoms with Gasteiger partial charge in [0.2, 0.25) is 0 Å². The van der Waals surface area contributed by atoms with E-state index in [4.69, 9.17) is 16.3 Å². The summed E-state index contributed by atoms with van der Waals surface area (Å²) in [6.07, 6.45) is 1.46. The van der Waals surface area contributed by atoms with Crippen molar-refractivity contribution in [2.24, 2.45) is 0 Å². The summed E-state index contributed by atoms with van der Waals surface area (Å²) in [5.74, 6) is 0.548. The standard InChI is InChI=1S/C10H18ClNO/c1-8(6-11)7-12(3)10-4-5-13-9(10)2/h9-10H,1,4-7H2,2-3H3. The van der Waals surface area contributed by atoms with Gasteiger partial charge in [-0.15, -0.1) is 11.6 Å². The molecule has 13 heavy (non-hydrogen) atoms. The van der Waals surface area contributed by atoms with E-state index in [0.29, 0.717) is 18.0 Å². The van der Waals surface area contributed by atoms with Crippen molar-refractivity contribution in [2.45, 2.75) is 25.5 Å². The number of alkyl halides is 1. The summed E-state index contributed by atoms with van der Waals surface area (Å²) in [6.45, 7) is 7.77. The van der Waals surface area contributed by atoms with Gasteiger partial charge in [-0.2, -0.15) is 0 Å². The monoisotopic (exact) mass is 203 g/mol. The van der Waals surface area contributed by atoms with Crippen LogP contribution >= 0.6 is 11.6 Å². The molecule has 3 heteroatoms. The van der Waals surface area contributed by atoms with E-state index in [1.54, 1.807) is 0 Å². The van der Waals surface area contributed by atoms with Crippen LogP contribution in [0.1, 0.15) is 13.3 Å². The number of hydrogen-bond donors (Lipinski definition) is 0. The lowest BCUT2D eigenvalue weighted by atomic mass is 10.1. The molecule has 0 aromatic rings. The Bertz CT molecular complexity index is 184. The molecular weight excluding hydrogens is 186 g/mol. The SMILES string of the molecule is C=C(CCl)CN(C)C1CCOC1C. The average molecular weight is 204 g/mol. The van der Waals surface area contributed by atoms with Gasteiger partial charge < -0.3 is 4.74 Å².